The van der Waals surface area contributed by atoms with Gasteiger partial charge in [-0.05, 0) is 35.8 Å². The molecule has 0 saturated carbocycles. The van der Waals surface area contributed by atoms with Gasteiger partial charge in [0, 0.05) is 31.8 Å². The van der Waals surface area contributed by atoms with Crippen LogP contribution < -0.4 is 5.32 Å². The molecular formula is C21H23ClFN3O2. The predicted octanol–water partition coefficient (Wildman–Crippen LogP) is 3.58. The summed E-state index contributed by atoms with van der Waals surface area (Å²) in [4.78, 5) is 28.7. The number of carbonyl (C=O) groups is 2. The zero-order valence-corrected chi connectivity index (χ0v) is 16.9. The number of benzene rings is 1. The molecular weight excluding hydrogens is 381 g/mol. The van der Waals surface area contributed by atoms with E-state index in [1.165, 1.54) is 12.1 Å². The molecule has 1 fully saturated rings. The van der Waals surface area contributed by atoms with E-state index in [1.807, 2.05) is 25.7 Å². The first-order valence-corrected chi connectivity index (χ1v) is 9.50. The van der Waals surface area contributed by atoms with Crippen molar-refractivity contribution in [1.82, 2.24) is 15.1 Å². The van der Waals surface area contributed by atoms with Crippen molar-refractivity contribution in [1.29, 1.82) is 0 Å². The van der Waals surface area contributed by atoms with Gasteiger partial charge in [-0.1, -0.05) is 38.1 Å². The van der Waals surface area contributed by atoms with E-state index in [2.05, 4.69) is 11.9 Å². The van der Waals surface area contributed by atoms with Crippen LogP contribution in [0, 0.1) is 11.7 Å². The molecule has 148 valence electrons. The minimum absolute atomic E-state index is 0.0403. The average molecular weight is 404 g/mol. The number of nitrogens with zero attached hydrogens (tertiary/aromatic N) is 2. The predicted molar refractivity (Wildman–Crippen MR) is 106 cm³/mol. The van der Waals surface area contributed by atoms with E-state index >= 15 is 0 Å². The second-order valence-corrected chi connectivity index (χ2v) is 7.71. The normalized spacial score (nSPS) is 17.1. The fraction of sp³-hybridized carbons (Fsp3) is 0.333. The summed E-state index contributed by atoms with van der Waals surface area (Å²) in [5.41, 5.74) is 3.29. The van der Waals surface area contributed by atoms with Crippen LogP contribution in [0.4, 0.5) is 4.39 Å². The number of hydrogen-bond acceptors (Lipinski definition) is 3. The molecule has 2 aliphatic heterocycles. The second-order valence-electron chi connectivity index (χ2n) is 7.31. The molecule has 0 atom stereocenters. The summed E-state index contributed by atoms with van der Waals surface area (Å²) in [6.45, 7) is 10.9. The van der Waals surface area contributed by atoms with Gasteiger partial charge < -0.3 is 15.1 Å². The second kappa shape index (κ2) is 7.80. The lowest BCUT2D eigenvalue weighted by Crippen LogP contribution is -2.48. The van der Waals surface area contributed by atoms with Gasteiger partial charge in [0.1, 0.15) is 11.5 Å². The summed E-state index contributed by atoms with van der Waals surface area (Å²) in [5, 5.41) is 2.92. The molecule has 0 unspecified atom stereocenters. The highest BCUT2D eigenvalue weighted by molar-refractivity contribution is 6.30. The fourth-order valence-corrected chi connectivity index (χ4v) is 3.40. The third-order valence-corrected chi connectivity index (χ3v) is 5.24. The maximum Gasteiger partial charge on any atom is 0.271 e. The highest BCUT2D eigenvalue weighted by Crippen LogP contribution is 2.31. The Hall–Kier alpha value is -2.60. The van der Waals surface area contributed by atoms with Crippen LogP contribution in [0.2, 0.25) is 5.02 Å². The first kappa shape index (κ1) is 20.1. The molecule has 1 aromatic rings. The number of piperazine rings is 1. The standard InChI is InChI=1S/C21H23ClFN3O2/c1-12(2)20(27)24-18-11-25-7-8-26(21(28)19(25)14(4)13(18)3)10-15-5-6-17(23)16(22)9-15/h5-6,9,11-12H,3,7-8,10H2,1-2,4H3,(H,24,27). The van der Waals surface area contributed by atoms with E-state index in [0.29, 0.717) is 36.6 Å². The van der Waals surface area contributed by atoms with E-state index in [9.17, 15) is 14.0 Å². The third-order valence-electron chi connectivity index (χ3n) is 4.95. The van der Waals surface area contributed by atoms with Gasteiger partial charge in [-0.15, -0.1) is 0 Å². The number of carbonyl (C=O) groups excluding carboxylic acids is 2. The lowest BCUT2D eigenvalue weighted by molar-refractivity contribution is -0.131. The number of allylic oxidation sites excluding steroid dienone is 1. The van der Waals surface area contributed by atoms with E-state index in [0.717, 1.165) is 11.1 Å². The summed E-state index contributed by atoms with van der Waals surface area (Å²) in [5.74, 6) is -0.858. The van der Waals surface area contributed by atoms with Crippen LogP contribution in [-0.4, -0.2) is 34.7 Å². The Labute approximate surface area is 169 Å². The van der Waals surface area contributed by atoms with Crippen LogP contribution in [-0.2, 0) is 16.1 Å². The Kier molecular flexibility index (Phi) is 5.61. The molecule has 1 aromatic carbocycles. The number of hydrogen-bond donors (Lipinski definition) is 1. The molecule has 0 aliphatic carbocycles. The van der Waals surface area contributed by atoms with Gasteiger partial charge in [-0.2, -0.15) is 0 Å². The average Bonchev–Trinajstić information content (AvgIpc) is 2.64. The summed E-state index contributed by atoms with van der Waals surface area (Å²) in [7, 11) is 0. The fourth-order valence-electron chi connectivity index (χ4n) is 3.19. The van der Waals surface area contributed by atoms with E-state index < -0.39 is 5.82 Å². The Morgan fingerprint density at radius 3 is 2.71 bits per heavy atom. The maximum absolute atomic E-state index is 13.4. The summed E-state index contributed by atoms with van der Waals surface area (Å²) < 4.78 is 13.4. The van der Waals surface area contributed by atoms with Crippen LogP contribution in [0.3, 0.4) is 0 Å². The SMILES string of the molecule is C=C1C(NC(=O)C(C)C)=CN2CCN(Cc3ccc(F)c(Cl)c3)C(=O)C2=C1C. The van der Waals surface area contributed by atoms with Crippen molar-refractivity contribution in [3.63, 3.8) is 0 Å². The van der Waals surface area contributed by atoms with Crippen molar-refractivity contribution >= 4 is 23.4 Å². The van der Waals surface area contributed by atoms with Crippen LogP contribution in [0.1, 0.15) is 26.3 Å². The van der Waals surface area contributed by atoms with Crippen LogP contribution >= 0.6 is 11.6 Å². The maximum atomic E-state index is 13.4. The summed E-state index contributed by atoms with van der Waals surface area (Å²) in [6.07, 6.45) is 1.77. The molecule has 0 radical (unpaired) electrons. The van der Waals surface area contributed by atoms with Crippen LogP contribution in [0.25, 0.3) is 0 Å². The number of nitrogens with one attached hydrogen (secondary N) is 1. The Bertz CT molecular complexity index is 920. The quantitative estimate of drug-likeness (QED) is 0.836. The molecule has 28 heavy (non-hydrogen) atoms. The Morgan fingerprint density at radius 1 is 1.36 bits per heavy atom. The first-order valence-electron chi connectivity index (χ1n) is 9.12. The lowest BCUT2D eigenvalue weighted by Gasteiger charge is -2.39. The van der Waals surface area contributed by atoms with E-state index in [1.54, 1.807) is 17.2 Å². The first-order chi connectivity index (χ1) is 13.2. The molecule has 2 heterocycles. The number of halogens is 2. The summed E-state index contributed by atoms with van der Waals surface area (Å²) in [6, 6.07) is 4.47. The largest absolute Gasteiger partial charge is 0.339 e. The van der Waals surface area contributed by atoms with Crippen molar-refractivity contribution in [3.8, 4) is 0 Å². The third kappa shape index (κ3) is 3.83. The van der Waals surface area contributed by atoms with Crippen LogP contribution in [0.5, 0.6) is 0 Å². The van der Waals surface area contributed by atoms with Crippen molar-refractivity contribution < 1.29 is 14.0 Å². The van der Waals surface area contributed by atoms with Crippen molar-refractivity contribution in [2.75, 3.05) is 13.1 Å². The van der Waals surface area contributed by atoms with Gasteiger partial charge in [0.25, 0.3) is 5.91 Å². The van der Waals surface area contributed by atoms with E-state index in [4.69, 9.17) is 11.6 Å². The van der Waals surface area contributed by atoms with Crippen molar-refractivity contribution in [2.24, 2.45) is 5.92 Å². The van der Waals surface area contributed by atoms with Gasteiger partial charge >= 0.3 is 0 Å². The van der Waals surface area contributed by atoms with Gasteiger partial charge in [-0.25, -0.2) is 4.39 Å². The smallest absolute Gasteiger partial charge is 0.271 e. The molecule has 3 rings (SSSR count). The molecule has 0 spiro atoms. The minimum atomic E-state index is -0.482. The zero-order valence-electron chi connectivity index (χ0n) is 16.2. The number of fused-ring (bicyclic) bond motifs is 1. The Balaban J connectivity index is 1.80. The molecule has 5 nitrogen and oxygen atoms in total. The number of amides is 2. The van der Waals surface area contributed by atoms with Gasteiger partial charge in [0.2, 0.25) is 5.91 Å². The molecule has 7 heteroatoms. The molecule has 1 saturated heterocycles. The molecule has 0 aromatic heterocycles. The van der Waals surface area contributed by atoms with Crippen LogP contribution in [0.15, 0.2) is 53.5 Å². The Morgan fingerprint density at radius 2 is 2.07 bits per heavy atom. The molecule has 0 bridgehead atoms. The zero-order chi connectivity index (χ0) is 20.6. The molecule has 2 aliphatic rings. The molecule has 2 amide bonds. The van der Waals surface area contributed by atoms with Gasteiger partial charge in [0.05, 0.1) is 10.7 Å². The lowest BCUT2D eigenvalue weighted by atomic mass is 9.97. The monoisotopic (exact) mass is 403 g/mol. The number of rotatable bonds is 4. The molecule has 1 N–H and O–H groups in total. The summed E-state index contributed by atoms with van der Waals surface area (Å²) >= 11 is 5.85. The van der Waals surface area contributed by atoms with E-state index in [-0.39, 0.29) is 22.8 Å². The van der Waals surface area contributed by atoms with Gasteiger partial charge in [-0.3, -0.25) is 9.59 Å². The highest BCUT2D eigenvalue weighted by Gasteiger charge is 2.34. The van der Waals surface area contributed by atoms with Crippen molar-refractivity contribution in [3.05, 3.63) is 69.9 Å². The minimum Gasteiger partial charge on any atom is -0.339 e. The van der Waals surface area contributed by atoms with Crippen molar-refractivity contribution in [2.45, 2.75) is 27.3 Å². The highest BCUT2D eigenvalue weighted by atomic mass is 35.5. The topological polar surface area (TPSA) is 52.7 Å². The van der Waals surface area contributed by atoms with Gasteiger partial charge in [0.15, 0.2) is 0 Å².